The van der Waals surface area contributed by atoms with Crippen molar-refractivity contribution in [2.45, 2.75) is 64.1 Å². The predicted molar refractivity (Wildman–Crippen MR) is 136 cm³/mol. The summed E-state index contributed by atoms with van der Waals surface area (Å²) in [5.41, 5.74) is 3.79. The first-order chi connectivity index (χ1) is 16.2. The van der Waals surface area contributed by atoms with Crippen molar-refractivity contribution >= 4 is 28.4 Å². The van der Waals surface area contributed by atoms with E-state index in [-0.39, 0.29) is 11.8 Å². The van der Waals surface area contributed by atoms with Gasteiger partial charge in [0, 0.05) is 41.3 Å². The van der Waals surface area contributed by atoms with Gasteiger partial charge >= 0.3 is 0 Å². The Morgan fingerprint density at radius 3 is 2.48 bits per heavy atom. The van der Waals surface area contributed by atoms with Gasteiger partial charge in [-0.25, -0.2) is 0 Å². The molecule has 2 heterocycles. The van der Waals surface area contributed by atoms with Crippen LogP contribution in [0.4, 0.5) is 0 Å². The first-order valence-corrected chi connectivity index (χ1v) is 12.9. The zero-order valence-electron chi connectivity index (χ0n) is 19.3. The summed E-state index contributed by atoms with van der Waals surface area (Å²) >= 11 is 6.25. The Labute approximate surface area is 201 Å². The summed E-state index contributed by atoms with van der Waals surface area (Å²) in [6.45, 7) is 3.67. The van der Waals surface area contributed by atoms with Crippen LogP contribution in [0, 0.1) is 5.92 Å². The Hall–Kier alpha value is -2.30. The molecule has 5 rings (SSSR count). The molecule has 1 aromatic heterocycles. The maximum atomic E-state index is 12.8. The van der Waals surface area contributed by atoms with Crippen molar-refractivity contribution in [3.05, 3.63) is 70.9 Å². The lowest BCUT2D eigenvalue weighted by atomic mass is 9.92. The molecular formula is C28H34ClN3O. The van der Waals surface area contributed by atoms with E-state index in [1.807, 2.05) is 12.1 Å². The molecular weight excluding hydrogens is 430 g/mol. The second-order valence-corrected chi connectivity index (χ2v) is 10.2. The van der Waals surface area contributed by atoms with Gasteiger partial charge in [0.05, 0.1) is 0 Å². The Balaban J connectivity index is 1.24. The summed E-state index contributed by atoms with van der Waals surface area (Å²) in [6, 6.07) is 19.5. The van der Waals surface area contributed by atoms with Crippen molar-refractivity contribution in [1.29, 1.82) is 0 Å². The largest absolute Gasteiger partial charge is 0.353 e. The molecule has 1 saturated carbocycles. The molecule has 5 heteroatoms. The topological polar surface area (TPSA) is 37.3 Å². The second-order valence-electron chi connectivity index (χ2n) is 9.80. The van der Waals surface area contributed by atoms with Crippen LogP contribution in [0.25, 0.3) is 10.9 Å². The number of hydrogen-bond donors (Lipinski definition) is 1. The minimum atomic E-state index is 0.167. The van der Waals surface area contributed by atoms with Crippen molar-refractivity contribution in [3.63, 3.8) is 0 Å². The Morgan fingerprint density at radius 2 is 1.70 bits per heavy atom. The molecule has 174 valence electrons. The highest BCUT2D eigenvalue weighted by Gasteiger charge is 2.27. The van der Waals surface area contributed by atoms with Gasteiger partial charge in [0.25, 0.3) is 0 Å². The van der Waals surface area contributed by atoms with Crippen LogP contribution in [0.15, 0.2) is 54.6 Å². The summed E-state index contributed by atoms with van der Waals surface area (Å²) < 4.78 is 2.42. The highest BCUT2D eigenvalue weighted by molar-refractivity contribution is 6.30. The number of piperidine rings is 1. The Morgan fingerprint density at radius 1 is 0.909 bits per heavy atom. The highest BCUT2D eigenvalue weighted by Crippen LogP contribution is 2.26. The average molecular weight is 464 g/mol. The van der Waals surface area contributed by atoms with Gasteiger partial charge < -0.3 is 9.88 Å². The lowest BCUT2D eigenvalue weighted by Gasteiger charge is -2.33. The van der Waals surface area contributed by atoms with Crippen LogP contribution in [0.1, 0.15) is 56.2 Å². The number of para-hydroxylation sites is 1. The van der Waals surface area contributed by atoms with Crippen LogP contribution < -0.4 is 5.32 Å². The van der Waals surface area contributed by atoms with E-state index in [4.69, 9.17) is 11.6 Å². The van der Waals surface area contributed by atoms with E-state index < -0.39 is 0 Å². The number of halogens is 1. The minimum Gasteiger partial charge on any atom is -0.353 e. The molecule has 0 spiro atoms. The van der Waals surface area contributed by atoms with Gasteiger partial charge in [-0.05, 0) is 74.0 Å². The van der Waals surface area contributed by atoms with Crippen LogP contribution in [0.3, 0.4) is 0 Å². The van der Waals surface area contributed by atoms with Crippen LogP contribution in [-0.4, -0.2) is 34.5 Å². The number of aromatic nitrogens is 1. The molecule has 1 N–H and O–H groups in total. The lowest BCUT2D eigenvalue weighted by Crippen LogP contribution is -2.44. The monoisotopic (exact) mass is 463 g/mol. The summed E-state index contributed by atoms with van der Waals surface area (Å²) in [7, 11) is 0. The van der Waals surface area contributed by atoms with Crippen LogP contribution >= 0.6 is 11.6 Å². The van der Waals surface area contributed by atoms with Gasteiger partial charge in [-0.1, -0.05) is 61.2 Å². The Kier molecular flexibility index (Phi) is 7.03. The molecule has 1 aliphatic heterocycles. The number of nitrogens with zero attached hydrogens (tertiary/aromatic N) is 2. The average Bonchev–Trinajstić information content (AvgIpc) is 3.17. The molecule has 0 radical (unpaired) electrons. The smallest absolute Gasteiger partial charge is 0.223 e. The van der Waals surface area contributed by atoms with E-state index in [0.717, 1.165) is 56.9 Å². The van der Waals surface area contributed by atoms with Crippen LogP contribution in [0.5, 0.6) is 0 Å². The van der Waals surface area contributed by atoms with Gasteiger partial charge in [0.1, 0.15) is 0 Å². The number of likely N-dealkylation sites (tertiary alicyclic amines) is 1. The quantitative estimate of drug-likeness (QED) is 0.486. The molecule has 2 aromatic carbocycles. The third-order valence-electron chi connectivity index (χ3n) is 7.42. The number of hydrogen-bond acceptors (Lipinski definition) is 2. The molecule has 2 aliphatic rings. The zero-order valence-corrected chi connectivity index (χ0v) is 20.1. The maximum absolute atomic E-state index is 12.8. The van der Waals surface area contributed by atoms with Crippen molar-refractivity contribution in [1.82, 2.24) is 14.8 Å². The standard InChI is InChI=1S/C28H34ClN3O/c29-24-9-6-7-21(17-24)19-32-26(18-23-8-4-5-12-27(23)32)20-31-15-13-22(14-16-31)28(33)30-25-10-2-1-3-11-25/h4-9,12,17-18,22,25H,1-3,10-11,13-16,19-20H2,(H,30,33). The predicted octanol–water partition coefficient (Wildman–Crippen LogP) is 6.00. The molecule has 0 atom stereocenters. The molecule has 33 heavy (non-hydrogen) atoms. The molecule has 4 nitrogen and oxygen atoms in total. The van der Waals surface area contributed by atoms with E-state index in [9.17, 15) is 4.79 Å². The number of carbonyl (C=O) groups excluding carboxylic acids is 1. The first-order valence-electron chi connectivity index (χ1n) is 12.5. The van der Waals surface area contributed by atoms with E-state index in [1.54, 1.807) is 0 Å². The summed E-state index contributed by atoms with van der Waals surface area (Å²) in [5, 5.41) is 5.39. The third kappa shape index (κ3) is 5.44. The number of fused-ring (bicyclic) bond motifs is 1. The van der Waals surface area contributed by atoms with Crippen LogP contribution in [-0.2, 0) is 17.9 Å². The van der Waals surface area contributed by atoms with Crippen LogP contribution in [0.2, 0.25) is 5.02 Å². The van der Waals surface area contributed by atoms with E-state index in [1.165, 1.54) is 41.4 Å². The number of benzene rings is 2. The lowest BCUT2D eigenvalue weighted by molar-refractivity contribution is -0.127. The molecule has 1 amide bonds. The minimum absolute atomic E-state index is 0.167. The number of rotatable bonds is 6. The Bertz CT molecular complexity index is 1090. The molecule has 1 saturated heterocycles. The summed E-state index contributed by atoms with van der Waals surface area (Å²) in [6.07, 6.45) is 8.04. The molecule has 2 fully saturated rings. The SMILES string of the molecule is O=C(NC1CCCCC1)C1CCN(Cc2cc3ccccc3n2Cc2cccc(Cl)c2)CC1. The fourth-order valence-electron chi connectivity index (χ4n) is 5.55. The summed E-state index contributed by atoms with van der Waals surface area (Å²) in [5.74, 6) is 0.456. The number of amides is 1. The van der Waals surface area contributed by atoms with Crippen molar-refractivity contribution in [3.8, 4) is 0 Å². The van der Waals surface area contributed by atoms with Gasteiger partial charge in [-0.2, -0.15) is 0 Å². The highest BCUT2D eigenvalue weighted by atomic mass is 35.5. The van der Waals surface area contributed by atoms with Gasteiger partial charge in [-0.15, -0.1) is 0 Å². The molecule has 0 bridgehead atoms. The fraction of sp³-hybridized carbons (Fsp3) is 0.464. The fourth-order valence-corrected chi connectivity index (χ4v) is 5.76. The zero-order chi connectivity index (χ0) is 22.6. The maximum Gasteiger partial charge on any atom is 0.223 e. The van der Waals surface area contributed by atoms with Gasteiger partial charge in [-0.3, -0.25) is 9.69 Å². The third-order valence-corrected chi connectivity index (χ3v) is 7.66. The molecule has 0 unspecified atom stereocenters. The van der Waals surface area contributed by atoms with Gasteiger partial charge in [0.15, 0.2) is 0 Å². The summed E-state index contributed by atoms with van der Waals surface area (Å²) in [4.78, 5) is 15.3. The van der Waals surface area contributed by atoms with Crippen molar-refractivity contribution in [2.75, 3.05) is 13.1 Å². The van der Waals surface area contributed by atoms with E-state index >= 15 is 0 Å². The first kappa shape index (κ1) is 22.5. The van der Waals surface area contributed by atoms with Crippen molar-refractivity contribution in [2.24, 2.45) is 5.92 Å². The number of carbonyl (C=O) groups is 1. The van der Waals surface area contributed by atoms with Gasteiger partial charge in [0.2, 0.25) is 5.91 Å². The molecule has 3 aromatic rings. The number of nitrogens with one attached hydrogen (secondary N) is 1. The van der Waals surface area contributed by atoms with E-state index in [2.05, 4.69) is 57.2 Å². The van der Waals surface area contributed by atoms with E-state index in [0.29, 0.717) is 6.04 Å². The molecule has 1 aliphatic carbocycles. The normalized spacial score (nSPS) is 18.6. The second kappa shape index (κ2) is 10.3. The van der Waals surface area contributed by atoms with Crippen molar-refractivity contribution < 1.29 is 4.79 Å².